The van der Waals surface area contributed by atoms with Gasteiger partial charge in [-0.05, 0) is 137 Å². The number of fused-ring (bicyclic) bond motifs is 8. The van der Waals surface area contributed by atoms with E-state index >= 15 is 0 Å². The van der Waals surface area contributed by atoms with E-state index in [-0.39, 0.29) is 6.04 Å². The van der Waals surface area contributed by atoms with Gasteiger partial charge in [0.2, 0.25) is 0 Å². The molecule has 0 saturated carbocycles. The van der Waals surface area contributed by atoms with Crippen molar-refractivity contribution >= 4 is 88.9 Å². The zero-order valence-electron chi connectivity index (χ0n) is 39.6. The molecule has 4 heteroatoms. The Morgan fingerprint density at radius 3 is 1.49 bits per heavy atom. The average Bonchev–Trinajstić information content (AvgIpc) is 3.96. The number of rotatable bonds is 9. The Bertz CT molecular complexity index is 4180. The van der Waals surface area contributed by atoms with Gasteiger partial charge in [0.25, 0.3) is 0 Å². The number of anilines is 5. The first-order chi connectivity index (χ1) is 35.7. The number of benzene rings is 11. The first-order valence-corrected chi connectivity index (χ1v) is 24.9. The van der Waals surface area contributed by atoms with Crippen molar-refractivity contribution in [3.63, 3.8) is 0 Å². The first kappa shape index (κ1) is 41.6. The van der Waals surface area contributed by atoms with Gasteiger partial charge in [-0.2, -0.15) is 0 Å². The van der Waals surface area contributed by atoms with Crippen LogP contribution >= 0.6 is 0 Å². The van der Waals surface area contributed by atoms with E-state index in [1.54, 1.807) is 0 Å². The SMILES string of the molecule is C1=Cc2ccccc2C(N(c2ccc(-c3ccc(N(c4ccc5c(c4)c4ccccc4n5-c4ccccc4)c4cccc5ccccc45)cc3)cc2)c2ccc3c(c2)c2ccccc2n3-c2ccccc2)C1. The van der Waals surface area contributed by atoms with Crippen molar-refractivity contribution in [2.45, 2.75) is 12.5 Å². The Kier molecular flexibility index (Phi) is 9.95. The molecule has 4 nitrogen and oxygen atoms in total. The fourth-order valence-electron chi connectivity index (χ4n) is 11.5. The van der Waals surface area contributed by atoms with Gasteiger partial charge in [-0.15, -0.1) is 0 Å². The molecule has 1 aliphatic carbocycles. The quantitative estimate of drug-likeness (QED) is 0.143. The molecule has 14 rings (SSSR count). The van der Waals surface area contributed by atoms with Crippen LogP contribution < -0.4 is 9.80 Å². The van der Waals surface area contributed by atoms with Crippen LogP contribution in [-0.4, -0.2) is 9.13 Å². The van der Waals surface area contributed by atoms with Gasteiger partial charge < -0.3 is 18.9 Å². The number of nitrogens with zero attached hydrogens (tertiary/aromatic N) is 4. The summed E-state index contributed by atoms with van der Waals surface area (Å²) in [5.74, 6) is 0. The van der Waals surface area contributed by atoms with E-state index in [0.29, 0.717) is 0 Å². The highest BCUT2D eigenvalue weighted by atomic mass is 15.2. The number of aromatic nitrogens is 2. The highest BCUT2D eigenvalue weighted by Gasteiger charge is 2.27. The van der Waals surface area contributed by atoms with Gasteiger partial charge in [-0.25, -0.2) is 0 Å². The van der Waals surface area contributed by atoms with Gasteiger partial charge in [0.1, 0.15) is 0 Å². The summed E-state index contributed by atoms with van der Waals surface area (Å²) in [5, 5.41) is 7.34. The summed E-state index contributed by atoms with van der Waals surface area (Å²) in [5.41, 5.74) is 17.7. The highest BCUT2D eigenvalue weighted by Crippen LogP contribution is 2.46. The average molecular weight is 921 g/mol. The topological polar surface area (TPSA) is 16.3 Å². The summed E-state index contributed by atoms with van der Waals surface area (Å²) in [4.78, 5) is 4.98. The summed E-state index contributed by atoms with van der Waals surface area (Å²) in [6.45, 7) is 0. The molecule has 0 saturated heterocycles. The van der Waals surface area contributed by atoms with Crippen LogP contribution in [0.15, 0.2) is 267 Å². The number of hydrogen-bond acceptors (Lipinski definition) is 2. The van der Waals surface area contributed by atoms with Crippen molar-refractivity contribution in [1.29, 1.82) is 0 Å². The summed E-state index contributed by atoms with van der Waals surface area (Å²) < 4.78 is 4.77. The standard InChI is InChI=1S/C68H48N4/c1-3-21-51(22-4-1)71-65-29-13-11-27-59(65)61-45-55(41-43-67(61)71)69(63-31-15-19-49-17-7-9-25-57(49)63)53-37-33-47(34-38-53)48-35-39-54(40-36-48)70(64-32-16-20-50-18-8-10-26-58(50)64)56-42-44-68-62(46-56)60-28-12-14-30-66(60)72(68)52-23-5-2-6-24-52/h1-31,33-46,64H,32H2. The molecule has 0 fully saturated rings. The van der Waals surface area contributed by atoms with Gasteiger partial charge in [0.15, 0.2) is 0 Å². The third-order valence-corrected chi connectivity index (χ3v) is 14.8. The molecule has 72 heavy (non-hydrogen) atoms. The molecule has 1 atom stereocenters. The summed E-state index contributed by atoms with van der Waals surface area (Å²) in [6, 6.07) is 95.5. The van der Waals surface area contributed by atoms with Gasteiger partial charge in [-0.3, -0.25) is 0 Å². The molecule has 340 valence electrons. The summed E-state index contributed by atoms with van der Waals surface area (Å²) in [7, 11) is 0. The van der Waals surface area contributed by atoms with Crippen molar-refractivity contribution in [2.24, 2.45) is 0 Å². The normalized spacial score (nSPS) is 13.3. The largest absolute Gasteiger partial charge is 0.334 e. The van der Waals surface area contributed by atoms with E-state index in [0.717, 1.165) is 46.1 Å². The van der Waals surface area contributed by atoms with Crippen molar-refractivity contribution in [3.05, 3.63) is 278 Å². The molecule has 0 N–H and O–H groups in total. The van der Waals surface area contributed by atoms with Crippen LogP contribution in [0.4, 0.5) is 28.4 Å². The zero-order chi connectivity index (χ0) is 47.5. The van der Waals surface area contributed by atoms with Crippen LogP contribution in [0.3, 0.4) is 0 Å². The van der Waals surface area contributed by atoms with Gasteiger partial charge >= 0.3 is 0 Å². The Hall–Kier alpha value is -9.38. The molecule has 1 unspecified atom stereocenters. The second kappa shape index (κ2) is 17.2. The molecule has 2 heterocycles. The molecule has 0 bridgehead atoms. The predicted molar refractivity (Wildman–Crippen MR) is 304 cm³/mol. The predicted octanol–water partition coefficient (Wildman–Crippen LogP) is 18.5. The molecular formula is C68H48N4. The smallest absolute Gasteiger partial charge is 0.0631 e. The lowest BCUT2D eigenvalue weighted by Gasteiger charge is -2.36. The second-order valence-electron chi connectivity index (χ2n) is 18.9. The molecule has 0 aliphatic heterocycles. The van der Waals surface area contributed by atoms with Crippen LogP contribution in [0.1, 0.15) is 23.6 Å². The Balaban J connectivity index is 0.860. The van der Waals surface area contributed by atoms with E-state index in [4.69, 9.17) is 0 Å². The Morgan fingerprint density at radius 2 is 0.833 bits per heavy atom. The van der Waals surface area contributed by atoms with Crippen molar-refractivity contribution in [2.75, 3.05) is 9.80 Å². The van der Waals surface area contributed by atoms with Crippen LogP contribution in [-0.2, 0) is 0 Å². The highest BCUT2D eigenvalue weighted by molar-refractivity contribution is 6.12. The van der Waals surface area contributed by atoms with Crippen LogP contribution in [0.5, 0.6) is 0 Å². The zero-order valence-corrected chi connectivity index (χ0v) is 39.6. The van der Waals surface area contributed by atoms with Crippen LogP contribution in [0.2, 0.25) is 0 Å². The fourth-order valence-corrected chi connectivity index (χ4v) is 11.5. The lowest BCUT2D eigenvalue weighted by Crippen LogP contribution is -2.25. The third-order valence-electron chi connectivity index (χ3n) is 14.8. The van der Waals surface area contributed by atoms with Crippen molar-refractivity contribution in [1.82, 2.24) is 9.13 Å². The van der Waals surface area contributed by atoms with E-state index < -0.39 is 0 Å². The molecule has 0 amide bonds. The maximum atomic E-state index is 2.55. The molecule has 2 aromatic heterocycles. The Morgan fingerprint density at radius 1 is 0.347 bits per heavy atom. The van der Waals surface area contributed by atoms with Crippen molar-refractivity contribution < 1.29 is 0 Å². The van der Waals surface area contributed by atoms with Crippen LogP contribution in [0, 0.1) is 0 Å². The second-order valence-corrected chi connectivity index (χ2v) is 18.9. The van der Waals surface area contributed by atoms with Gasteiger partial charge in [0, 0.05) is 61.1 Å². The molecule has 11 aromatic carbocycles. The van der Waals surface area contributed by atoms with Gasteiger partial charge in [-0.1, -0.05) is 170 Å². The van der Waals surface area contributed by atoms with Gasteiger partial charge in [0.05, 0.1) is 33.8 Å². The lowest BCUT2D eigenvalue weighted by atomic mass is 9.90. The minimum Gasteiger partial charge on any atom is -0.334 e. The lowest BCUT2D eigenvalue weighted by molar-refractivity contribution is 0.702. The fraction of sp³-hybridized carbons (Fsp3) is 0.0294. The van der Waals surface area contributed by atoms with Crippen LogP contribution in [0.25, 0.3) is 83.0 Å². The van der Waals surface area contributed by atoms with E-state index in [2.05, 4.69) is 292 Å². The van der Waals surface area contributed by atoms with E-state index in [1.807, 2.05) is 0 Å². The van der Waals surface area contributed by atoms with E-state index in [9.17, 15) is 0 Å². The summed E-state index contributed by atoms with van der Waals surface area (Å²) >= 11 is 0. The summed E-state index contributed by atoms with van der Waals surface area (Å²) in [6.07, 6.45) is 5.51. The maximum absolute atomic E-state index is 2.55. The molecular weight excluding hydrogens is 873 g/mol. The molecule has 1 aliphatic rings. The minimum atomic E-state index is 0.116. The monoisotopic (exact) mass is 920 g/mol. The third kappa shape index (κ3) is 6.91. The first-order valence-electron chi connectivity index (χ1n) is 24.9. The number of hydrogen-bond donors (Lipinski definition) is 0. The molecule has 13 aromatic rings. The maximum Gasteiger partial charge on any atom is 0.0631 e. The Labute approximate surface area is 418 Å². The molecule has 0 radical (unpaired) electrons. The van der Waals surface area contributed by atoms with Crippen molar-refractivity contribution in [3.8, 4) is 22.5 Å². The number of para-hydroxylation sites is 4. The van der Waals surface area contributed by atoms with E-state index in [1.165, 1.54) is 76.8 Å². The molecule has 0 spiro atoms. The minimum absolute atomic E-state index is 0.116.